The van der Waals surface area contributed by atoms with Crippen molar-refractivity contribution in [2.75, 3.05) is 18.8 Å². The predicted molar refractivity (Wildman–Crippen MR) is 70.6 cm³/mol. The largest absolute Gasteiger partial charge is 0.384 e. The highest BCUT2D eigenvalue weighted by molar-refractivity contribution is 5.42. The van der Waals surface area contributed by atoms with Crippen LogP contribution in [-0.4, -0.2) is 27.8 Å². The number of piperidine rings is 1. The summed E-state index contributed by atoms with van der Waals surface area (Å²) >= 11 is 0. The Morgan fingerprint density at radius 2 is 2.24 bits per heavy atom. The van der Waals surface area contributed by atoms with Crippen LogP contribution in [0.2, 0.25) is 0 Å². The molecule has 1 saturated heterocycles. The molecule has 4 heteroatoms. The second kappa shape index (κ2) is 5.08. The van der Waals surface area contributed by atoms with Crippen molar-refractivity contribution < 1.29 is 0 Å². The maximum atomic E-state index is 6.06. The van der Waals surface area contributed by atoms with Crippen molar-refractivity contribution in [3.63, 3.8) is 0 Å². The van der Waals surface area contributed by atoms with Crippen molar-refractivity contribution in [2.24, 2.45) is 13.0 Å². The topological polar surface area (TPSA) is 47.1 Å². The zero-order chi connectivity index (χ0) is 12.4. The van der Waals surface area contributed by atoms with E-state index >= 15 is 0 Å². The monoisotopic (exact) mass is 236 g/mol. The average Bonchev–Trinajstić information content (AvgIpc) is 2.56. The Bertz CT molecular complexity index is 383. The maximum absolute atomic E-state index is 6.06. The Labute approximate surface area is 104 Å². The van der Waals surface area contributed by atoms with Gasteiger partial charge in [-0.25, -0.2) is 0 Å². The van der Waals surface area contributed by atoms with Crippen LogP contribution < -0.4 is 5.73 Å². The van der Waals surface area contributed by atoms with E-state index < -0.39 is 0 Å². The van der Waals surface area contributed by atoms with E-state index in [2.05, 4.69) is 16.9 Å². The minimum absolute atomic E-state index is 0.820. The molecular weight excluding hydrogens is 212 g/mol. The molecule has 1 aliphatic heterocycles. The highest BCUT2D eigenvalue weighted by Gasteiger charge is 2.21. The number of aromatic nitrogens is 2. The molecule has 2 rings (SSSR count). The van der Waals surface area contributed by atoms with Crippen molar-refractivity contribution in [3.05, 3.63) is 11.3 Å². The molecular formula is C13H24N4. The number of likely N-dealkylation sites (tertiary alicyclic amines) is 1. The first-order valence-electron chi connectivity index (χ1n) is 6.62. The third-order valence-corrected chi connectivity index (χ3v) is 3.96. The molecule has 0 aromatic carbocycles. The summed E-state index contributed by atoms with van der Waals surface area (Å²) in [5, 5.41) is 4.38. The highest BCUT2D eigenvalue weighted by Crippen LogP contribution is 2.23. The predicted octanol–water partition coefficient (Wildman–Crippen LogP) is 1.93. The third-order valence-electron chi connectivity index (χ3n) is 3.96. The molecule has 1 aromatic heterocycles. The Kier molecular flexibility index (Phi) is 3.72. The van der Waals surface area contributed by atoms with Crippen molar-refractivity contribution in [1.82, 2.24) is 14.7 Å². The summed E-state index contributed by atoms with van der Waals surface area (Å²) in [5.41, 5.74) is 8.35. The molecule has 1 atom stereocenters. The summed E-state index contributed by atoms with van der Waals surface area (Å²) in [6, 6.07) is 0. The first-order chi connectivity index (χ1) is 8.11. The van der Waals surface area contributed by atoms with Crippen LogP contribution in [0.4, 0.5) is 5.82 Å². The SMILES string of the molecule is CCC1CCCN(Cc2c(C)nn(C)c2N)C1. The second-order valence-corrected chi connectivity index (χ2v) is 5.22. The fourth-order valence-corrected chi connectivity index (χ4v) is 2.77. The molecule has 1 unspecified atom stereocenters. The fourth-order valence-electron chi connectivity index (χ4n) is 2.77. The van der Waals surface area contributed by atoms with E-state index in [-0.39, 0.29) is 0 Å². The number of hydrogen-bond donors (Lipinski definition) is 1. The molecule has 2 N–H and O–H groups in total. The van der Waals surface area contributed by atoms with Gasteiger partial charge in [-0.05, 0) is 32.2 Å². The van der Waals surface area contributed by atoms with Gasteiger partial charge >= 0.3 is 0 Å². The Hall–Kier alpha value is -1.03. The van der Waals surface area contributed by atoms with Gasteiger partial charge in [-0.1, -0.05) is 13.3 Å². The number of aryl methyl sites for hydroxylation is 2. The standard InChI is InChI=1S/C13H24N4/c1-4-11-6-5-7-17(8-11)9-12-10(2)15-16(3)13(12)14/h11H,4-9,14H2,1-3H3. The Morgan fingerprint density at radius 3 is 2.82 bits per heavy atom. The van der Waals surface area contributed by atoms with Gasteiger partial charge in [0.05, 0.1) is 5.69 Å². The lowest BCUT2D eigenvalue weighted by Crippen LogP contribution is -2.34. The average molecular weight is 236 g/mol. The summed E-state index contributed by atoms with van der Waals surface area (Å²) in [6.45, 7) is 7.71. The second-order valence-electron chi connectivity index (χ2n) is 5.22. The summed E-state index contributed by atoms with van der Waals surface area (Å²) in [5.74, 6) is 1.68. The number of hydrogen-bond acceptors (Lipinski definition) is 3. The summed E-state index contributed by atoms with van der Waals surface area (Å²) < 4.78 is 1.78. The van der Waals surface area contributed by atoms with Gasteiger partial charge in [-0.15, -0.1) is 0 Å². The van der Waals surface area contributed by atoms with Gasteiger partial charge in [0, 0.05) is 25.7 Å². The van der Waals surface area contributed by atoms with Gasteiger partial charge in [-0.2, -0.15) is 5.10 Å². The number of anilines is 1. The minimum Gasteiger partial charge on any atom is -0.384 e. The number of nitrogen functional groups attached to an aromatic ring is 1. The van der Waals surface area contributed by atoms with E-state index in [1.165, 1.54) is 37.9 Å². The number of nitrogens with zero attached hydrogens (tertiary/aromatic N) is 3. The lowest BCUT2D eigenvalue weighted by Gasteiger charge is -2.32. The zero-order valence-corrected chi connectivity index (χ0v) is 11.2. The van der Waals surface area contributed by atoms with Crippen molar-refractivity contribution >= 4 is 5.82 Å². The lowest BCUT2D eigenvalue weighted by atomic mass is 9.95. The summed E-state index contributed by atoms with van der Waals surface area (Å²) in [6.07, 6.45) is 3.99. The Balaban J connectivity index is 2.05. The molecule has 0 radical (unpaired) electrons. The zero-order valence-electron chi connectivity index (χ0n) is 11.2. The number of rotatable bonds is 3. The normalized spacial score (nSPS) is 21.9. The van der Waals surface area contributed by atoms with Crippen LogP contribution in [0.25, 0.3) is 0 Å². The smallest absolute Gasteiger partial charge is 0.126 e. The van der Waals surface area contributed by atoms with E-state index in [1.807, 2.05) is 14.0 Å². The molecule has 0 saturated carbocycles. The van der Waals surface area contributed by atoms with Crippen LogP contribution in [0, 0.1) is 12.8 Å². The van der Waals surface area contributed by atoms with Crippen LogP contribution >= 0.6 is 0 Å². The van der Waals surface area contributed by atoms with E-state index in [4.69, 9.17) is 5.73 Å². The molecule has 0 bridgehead atoms. The van der Waals surface area contributed by atoms with Crippen LogP contribution in [0.1, 0.15) is 37.4 Å². The van der Waals surface area contributed by atoms with Crippen LogP contribution in [0.15, 0.2) is 0 Å². The van der Waals surface area contributed by atoms with Gasteiger partial charge in [-0.3, -0.25) is 9.58 Å². The fraction of sp³-hybridized carbons (Fsp3) is 0.769. The minimum atomic E-state index is 0.820. The van der Waals surface area contributed by atoms with E-state index in [0.717, 1.165) is 24.0 Å². The summed E-state index contributed by atoms with van der Waals surface area (Å²) in [7, 11) is 1.91. The quantitative estimate of drug-likeness (QED) is 0.872. The van der Waals surface area contributed by atoms with Crippen molar-refractivity contribution in [3.8, 4) is 0 Å². The molecule has 1 fully saturated rings. The Morgan fingerprint density at radius 1 is 1.47 bits per heavy atom. The third kappa shape index (κ3) is 2.63. The molecule has 96 valence electrons. The molecule has 0 amide bonds. The lowest BCUT2D eigenvalue weighted by molar-refractivity contribution is 0.164. The van der Waals surface area contributed by atoms with Gasteiger partial charge in [0.15, 0.2) is 0 Å². The molecule has 0 spiro atoms. The van der Waals surface area contributed by atoms with E-state index in [9.17, 15) is 0 Å². The van der Waals surface area contributed by atoms with Crippen molar-refractivity contribution in [2.45, 2.75) is 39.7 Å². The van der Waals surface area contributed by atoms with Gasteiger partial charge in [0.25, 0.3) is 0 Å². The highest BCUT2D eigenvalue weighted by atomic mass is 15.3. The molecule has 0 aliphatic carbocycles. The molecule has 2 heterocycles. The first-order valence-corrected chi connectivity index (χ1v) is 6.62. The van der Waals surface area contributed by atoms with Gasteiger partial charge < -0.3 is 5.73 Å². The number of nitrogens with two attached hydrogens (primary N) is 1. The molecule has 1 aromatic rings. The van der Waals surface area contributed by atoms with E-state index in [0.29, 0.717) is 0 Å². The molecule has 1 aliphatic rings. The maximum Gasteiger partial charge on any atom is 0.126 e. The van der Waals surface area contributed by atoms with Crippen molar-refractivity contribution in [1.29, 1.82) is 0 Å². The van der Waals surface area contributed by atoms with E-state index in [1.54, 1.807) is 4.68 Å². The molecule has 17 heavy (non-hydrogen) atoms. The summed E-state index contributed by atoms with van der Waals surface area (Å²) in [4.78, 5) is 2.53. The van der Waals surface area contributed by atoms with Gasteiger partial charge in [0.1, 0.15) is 5.82 Å². The van der Waals surface area contributed by atoms with Crippen LogP contribution in [0.3, 0.4) is 0 Å². The van der Waals surface area contributed by atoms with Gasteiger partial charge in [0.2, 0.25) is 0 Å². The molecule has 4 nitrogen and oxygen atoms in total. The first kappa shape index (κ1) is 12.4. The van der Waals surface area contributed by atoms with Crippen LogP contribution in [-0.2, 0) is 13.6 Å². The van der Waals surface area contributed by atoms with Crippen LogP contribution in [0.5, 0.6) is 0 Å².